The van der Waals surface area contributed by atoms with Crippen LogP contribution in [0.1, 0.15) is 50.7 Å². The minimum Gasteiger partial charge on any atom is -0.491 e. The van der Waals surface area contributed by atoms with Gasteiger partial charge in [-0.05, 0) is 47.2 Å². The molecule has 0 bridgehead atoms. The zero-order valence-corrected chi connectivity index (χ0v) is 21.2. The van der Waals surface area contributed by atoms with Crippen molar-refractivity contribution in [1.29, 1.82) is 0 Å². The first-order valence-corrected chi connectivity index (χ1v) is 12.6. The van der Waals surface area contributed by atoms with Gasteiger partial charge in [-0.1, -0.05) is 52.0 Å². The lowest BCUT2D eigenvalue weighted by Crippen LogP contribution is -2.51. The lowest BCUT2D eigenvalue weighted by Gasteiger charge is -2.36. The van der Waals surface area contributed by atoms with Gasteiger partial charge in [0.15, 0.2) is 0 Å². The van der Waals surface area contributed by atoms with Crippen LogP contribution >= 0.6 is 0 Å². The molecule has 1 fully saturated rings. The molecule has 1 heterocycles. The second-order valence-electron chi connectivity index (χ2n) is 9.98. The van der Waals surface area contributed by atoms with E-state index in [4.69, 9.17) is 9.47 Å². The molecule has 0 aromatic heterocycles. The lowest BCUT2D eigenvalue weighted by atomic mass is 10.0. The Labute approximate surface area is 205 Å². The average Bonchev–Trinajstić information content (AvgIpc) is 2.83. The maximum absolute atomic E-state index is 10.4. The molecular weight excluding hydrogens is 428 g/mol. The van der Waals surface area contributed by atoms with Crippen molar-refractivity contribution >= 4 is 0 Å². The van der Waals surface area contributed by atoms with E-state index in [1.807, 2.05) is 24.3 Å². The zero-order chi connectivity index (χ0) is 24.5. The van der Waals surface area contributed by atoms with Gasteiger partial charge in [0.1, 0.15) is 36.9 Å². The van der Waals surface area contributed by atoms with Crippen LogP contribution in [0.3, 0.4) is 0 Å². The van der Waals surface area contributed by atoms with Gasteiger partial charge in [0.2, 0.25) is 0 Å². The monoisotopic (exact) mass is 470 g/mol. The van der Waals surface area contributed by atoms with Crippen LogP contribution in [-0.2, 0) is 0 Å². The summed E-state index contributed by atoms with van der Waals surface area (Å²) in [7, 11) is 0. The Bertz CT molecular complexity index is 759. The number of β-amino-alcohol motifs (C(OH)–C–C–N with tert-alkyl or cyclic N) is 2. The van der Waals surface area contributed by atoms with Crippen molar-refractivity contribution in [3.05, 3.63) is 59.7 Å². The van der Waals surface area contributed by atoms with Crippen LogP contribution in [0.15, 0.2) is 48.5 Å². The first kappa shape index (κ1) is 26.5. The topological polar surface area (TPSA) is 65.4 Å². The fraction of sp³-hybridized carbons (Fsp3) is 0.571. The highest BCUT2D eigenvalue weighted by Gasteiger charge is 2.21. The average molecular weight is 471 g/mol. The van der Waals surface area contributed by atoms with Crippen molar-refractivity contribution in [3.63, 3.8) is 0 Å². The third-order valence-electron chi connectivity index (χ3n) is 6.38. The van der Waals surface area contributed by atoms with E-state index < -0.39 is 12.2 Å². The fourth-order valence-electron chi connectivity index (χ4n) is 4.14. The lowest BCUT2D eigenvalue weighted by molar-refractivity contribution is 0.0240. The number of nitrogens with zero attached hydrogens (tertiary/aromatic N) is 2. The van der Waals surface area contributed by atoms with E-state index >= 15 is 0 Å². The molecule has 6 heteroatoms. The summed E-state index contributed by atoms with van der Waals surface area (Å²) < 4.78 is 11.5. The van der Waals surface area contributed by atoms with E-state index in [2.05, 4.69) is 61.8 Å². The molecule has 2 atom stereocenters. The van der Waals surface area contributed by atoms with Crippen molar-refractivity contribution in [2.45, 2.75) is 51.7 Å². The van der Waals surface area contributed by atoms with E-state index in [1.54, 1.807) is 0 Å². The van der Waals surface area contributed by atoms with Gasteiger partial charge in [-0.15, -0.1) is 0 Å². The van der Waals surface area contributed by atoms with Gasteiger partial charge in [-0.25, -0.2) is 0 Å². The summed E-state index contributed by atoms with van der Waals surface area (Å²) in [5.74, 6) is 2.57. The Kier molecular flexibility index (Phi) is 10.2. The molecule has 1 aliphatic rings. The van der Waals surface area contributed by atoms with Crippen LogP contribution in [0.2, 0.25) is 0 Å². The summed E-state index contributed by atoms with van der Waals surface area (Å²) in [6.07, 6.45) is -1.06. The Morgan fingerprint density at radius 3 is 1.24 bits per heavy atom. The molecule has 1 saturated heterocycles. The summed E-state index contributed by atoms with van der Waals surface area (Å²) in [6.45, 7) is 13.9. The van der Waals surface area contributed by atoms with Crippen molar-refractivity contribution in [1.82, 2.24) is 9.80 Å². The number of ether oxygens (including phenoxy) is 2. The van der Waals surface area contributed by atoms with Crippen LogP contribution in [0, 0.1) is 0 Å². The van der Waals surface area contributed by atoms with Crippen molar-refractivity contribution in [3.8, 4) is 11.5 Å². The molecule has 0 radical (unpaired) electrons. The van der Waals surface area contributed by atoms with Gasteiger partial charge in [0.05, 0.1) is 0 Å². The van der Waals surface area contributed by atoms with E-state index in [0.29, 0.717) is 24.9 Å². The van der Waals surface area contributed by atoms with Gasteiger partial charge in [0, 0.05) is 39.3 Å². The zero-order valence-electron chi connectivity index (χ0n) is 21.2. The van der Waals surface area contributed by atoms with E-state index in [1.165, 1.54) is 11.1 Å². The third-order valence-corrected chi connectivity index (χ3v) is 6.38. The highest BCUT2D eigenvalue weighted by molar-refractivity contribution is 5.29. The third kappa shape index (κ3) is 8.58. The van der Waals surface area contributed by atoms with Gasteiger partial charge in [0.25, 0.3) is 0 Å². The quantitative estimate of drug-likeness (QED) is 0.493. The number of rotatable bonds is 12. The fourth-order valence-corrected chi connectivity index (χ4v) is 4.14. The van der Waals surface area contributed by atoms with Crippen molar-refractivity contribution in [2.75, 3.05) is 52.5 Å². The minimum atomic E-state index is -0.530. The molecule has 3 rings (SSSR count). The van der Waals surface area contributed by atoms with Crippen LogP contribution in [0.25, 0.3) is 0 Å². The number of aliphatic hydroxyl groups excluding tert-OH is 2. The van der Waals surface area contributed by atoms with E-state index in [-0.39, 0.29) is 13.2 Å². The number of aliphatic hydroxyl groups is 2. The molecule has 0 aliphatic carbocycles. The number of hydrogen-bond acceptors (Lipinski definition) is 6. The Morgan fingerprint density at radius 2 is 0.941 bits per heavy atom. The molecular formula is C28H42N2O4. The molecule has 0 spiro atoms. The molecule has 1 aliphatic heterocycles. The smallest absolute Gasteiger partial charge is 0.119 e. The molecule has 6 nitrogen and oxygen atoms in total. The first-order chi connectivity index (χ1) is 16.3. The maximum atomic E-state index is 10.4. The van der Waals surface area contributed by atoms with E-state index in [0.717, 1.165) is 37.7 Å². The summed E-state index contributed by atoms with van der Waals surface area (Å²) in [4.78, 5) is 4.51. The Morgan fingerprint density at radius 1 is 0.618 bits per heavy atom. The number of benzene rings is 2. The normalized spacial score (nSPS) is 17.2. The maximum Gasteiger partial charge on any atom is 0.119 e. The van der Waals surface area contributed by atoms with Gasteiger partial charge in [-0.2, -0.15) is 0 Å². The first-order valence-electron chi connectivity index (χ1n) is 12.6. The summed E-state index contributed by atoms with van der Waals surface area (Å²) in [5.41, 5.74) is 2.56. The van der Waals surface area contributed by atoms with Gasteiger partial charge in [-0.3, -0.25) is 9.80 Å². The minimum absolute atomic E-state index is 0.287. The Hall–Kier alpha value is -2.12. The summed E-state index contributed by atoms with van der Waals surface area (Å²) in [5, 5.41) is 20.8. The highest BCUT2D eigenvalue weighted by atomic mass is 16.5. The van der Waals surface area contributed by atoms with Crippen LogP contribution in [-0.4, -0.2) is 84.7 Å². The van der Waals surface area contributed by atoms with Crippen LogP contribution < -0.4 is 9.47 Å². The molecule has 0 saturated carbocycles. The molecule has 0 unspecified atom stereocenters. The van der Waals surface area contributed by atoms with Crippen molar-refractivity contribution in [2.24, 2.45) is 0 Å². The number of hydrogen-bond donors (Lipinski definition) is 2. The predicted octanol–water partition coefficient (Wildman–Crippen LogP) is 3.73. The second-order valence-corrected chi connectivity index (χ2v) is 9.98. The SMILES string of the molecule is CC(C)c1ccc(OC[C@@H](O)CN2CCN(C[C@@H](O)COc3ccc(C(C)C)cc3)CC2)cc1. The predicted molar refractivity (Wildman–Crippen MR) is 137 cm³/mol. The van der Waals surface area contributed by atoms with Crippen LogP contribution in [0.4, 0.5) is 0 Å². The largest absolute Gasteiger partial charge is 0.491 e. The standard InChI is InChI=1S/C28H42N2O4/c1-21(2)23-5-9-27(10-6-23)33-19-25(31)17-29-13-15-30(16-14-29)18-26(32)20-34-28-11-7-24(8-12-28)22(3)4/h5-12,21-22,25-26,31-32H,13-20H2,1-4H3/t25-,26+. The second kappa shape index (κ2) is 13.1. The molecule has 2 N–H and O–H groups in total. The molecule has 2 aromatic carbocycles. The highest BCUT2D eigenvalue weighted by Crippen LogP contribution is 2.20. The van der Waals surface area contributed by atoms with Crippen LogP contribution in [0.5, 0.6) is 11.5 Å². The van der Waals surface area contributed by atoms with Gasteiger partial charge < -0.3 is 19.7 Å². The molecule has 0 amide bonds. The number of piperazine rings is 1. The molecule has 188 valence electrons. The van der Waals surface area contributed by atoms with Crippen molar-refractivity contribution < 1.29 is 19.7 Å². The van der Waals surface area contributed by atoms with E-state index in [9.17, 15) is 10.2 Å². The summed E-state index contributed by atoms with van der Waals surface area (Å²) >= 11 is 0. The Balaban J connectivity index is 1.30. The summed E-state index contributed by atoms with van der Waals surface area (Å²) in [6, 6.07) is 16.2. The van der Waals surface area contributed by atoms with Gasteiger partial charge >= 0.3 is 0 Å². The molecule has 2 aromatic rings. The molecule has 34 heavy (non-hydrogen) atoms.